The van der Waals surface area contributed by atoms with Crippen LogP contribution < -0.4 is 9.64 Å². The number of fused-ring (bicyclic) bond motifs is 3. The van der Waals surface area contributed by atoms with Crippen molar-refractivity contribution in [1.82, 2.24) is 0 Å². The van der Waals surface area contributed by atoms with Crippen molar-refractivity contribution in [2.45, 2.75) is 0 Å². The maximum atomic E-state index is 5.82. The molecule has 2 heterocycles. The van der Waals surface area contributed by atoms with Gasteiger partial charge in [-0.25, -0.2) is 0 Å². The Morgan fingerprint density at radius 3 is 2.65 bits per heavy atom. The van der Waals surface area contributed by atoms with E-state index in [0.29, 0.717) is 6.61 Å². The van der Waals surface area contributed by atoms with Gasteiger partial charge in [0.2, 0.25) is 0 Å². The van der Waals surface area contributed by atoms with Crippen molar-refractivity contribution in [2.75, 3.05) is 37.8 Å². The summed E-state index contributed by atoms with van der Waals surface area (Å²) in [6.07, 6.45) is 4.24. The van der Waals surface area contributed by atoms with Crippen molar-refractivity contribution in [3.05, 3.63) is 42.0 Å². The zero-order valence-corrected chi connectivity index (χ0v) is 11.3. The molecule has 0 unspecified atom stereocenters. The summed E-state index contributed by atoms with van der Waals surface area (Å²) in [5.41, 5.74) is 2.46. The number of anilines is 1. The Balaban J connectivity index is 1.94. The van der Waals surface area contributed by atoms with E-state index in [1.807, 2.05) is 0 Å². The van der Waals surface area contributed by atoms with Gasteiger partial charge in [0.1, 0.15) is 12.4 Å². The second-order valence-corrected chi connectivity index (χ2v) is 5.17. The third kappa shape index (κ3) is 1.86. The summed E-state index contributed by atoms with van der Waals surface area (Å²) in [4.78, 5) is 2.40. The van der Waals surface area contributed by atoms with Gasteiger partial charge in [-0.2, -0.15) is 0 Å². The molecule has 20 heavy (non-hydrogen) atoms. The highest BCUT2D eigenvalue weighted by Crippen LogP contribution is 2.38. The van der Waals surface area contributed by atoms with Gasteiger partial charge < -0.3 is 14.4 Å². The van der Waals surface area contributed by atoms with Gasteiger partial charge in [-0.05, 0) is 11.5 Å². The van der Waals surface area contributed by atoms with Crippen LogP contribution in [0.4, 0.5) is 5.69 Å². The van der Waals surface area contributed by atoms with Crippen LogP contribution in [-0.2, 0) is 4.74 Å². The molecule has 0 aromatic heterocycles. The van der Waals surface area contributed by atoms with Crippen molar-refractivity contribution in [1.29, 1.82) is 0 Å². The summed E-state index contributed by atoms with van der Waals surface area (Å²) in [5, 5.41) is 2.56. The van der Waals surface area contributed by atoms with Crippen molar-refractivity contribution in [3.63, 3.8) is 0 Å². The fourth-order valence-corrected chi connectivity index (χ4v) is 3.01. The normalized spacial score (nSPS) is 17.9. The minimum absolute atomic E-state index is 0.661. The van der Waals surface area contributed by atoms with Gasteiger partial charge in [-0.1, -0.05) is 30.3 Å². The largest absolute Gasteiger partial charge is 0.489 e. The third-order valence-corrected chi connectivity index (χ3v) is 4.00. The van der Waals surface area contributed by atoms with Gasteiger partial charge in [-0.3, -0.25) is 0 Å². The molecule has 0 aliphatic carbocycles. The second-order valence-electron chi connectivity index (χ2n) is 5.17. The molecular formula is C17H17NO2. The van der Waals surface area contributed by atoms with Gasteiger partial charge >= 0.3 is 0 Å². The molecule has 2 aromatic carbocycles. The summed E-state index contributed by atoms with van der Waals surface area (Å²) in [6.45, 7) is 4.14. The molecule has 2 aromatic rings. The summed E-state index contributed by atoms with van der Waals surface area (Å²) in [7, 11) is 0. The predicted molar refractivity (Wildman–Crippen MR) is 81.5 cm³/mol. The van der Waals surface area contributed by atoms with Crippen molar-refractivity contribution in [3.8, 4) is 5.75 Å². The highest BCUT2D eigenvalue weighted by Gasteiger charge is 2.18. The van der Waals surface area contributed by atoms with Crippen molar-refractivity contribution in [2.24, 2.45) is 0 Å². The zero-order valence-electron chi connectivity index (χ0n) is 11.3. The highest BCUT2D eigenvalue weighted by atomic mass is 16.5. The van der Waals surface area contributed by atoms with E-state index in [1.165, 1.54) is 22.0 Å². The van der Waals surface area contributed by atoms with Crippen LogP contribution in [-0.4, -0.2) is 32.9 Å². The lowest BCUT2D eigenvalue weighted by molar-refractivity contribution is 0.123. The van der Waals surface area contributed by atoms with Crippen LogP contribution in [0.25, 0.3) is 16.8 Å². The van der Waals surface area contributed by atoms with Gasteiger partial charge in [-0.15, -0.1) is 0 Å². The van der Waals surface area contributed by atoms with Crippen LogP contribution in [0.3, 0.4) is 0 Å². The first-order valence-corrected chi connectivity index (χ1v) is 7.11. The molecule has 0 amide bonds. The molecule has 102 valence electrons. The molecule has 0 atom stereocenters. The quantitative estimate of drug-likeness (QED) is 0.792. The van der Waals surface area contributed by atoms with Crippen LogP contribution in [0.2, 0.25) is 0 Å². The third-order valence-electron chi connectivity index (χ3n) is 4.00. The van der Waals surface area contributed by atoms with Crippen LogP contribution >= 0.6 is 0 Å². The molecule has 3 heteroatoms. The first-order valence-electron chi connectivity index (χ1n) is 7.11. The molecule has 0 spiro atoms. The first kappa shape index (κ1) is 11.8. The van der Waals surface area contributed by atoms with Crippen LogP contribution in [0, 0.1) is 0 Å². The Bertz CT molecular complexity index is 672. The lowest BCUT2D eigenvalue weighted by Crippen LogP contribution is -2.36. The number of ether oxygens (including phenoxy) is 2. The molecule has 2 aliphatic rings. The Morgan fingerprint density at radius 2 is 1.80 bits per heavy atom. The van der Waals surface area contributed by atoms with E-state index >= 15 is 0 Å². The summed E-state index contributed by atoms with van der Waals surface area (Å²) >= 11 is 0. The minimum Gasteiger partial charge on any atom is -0.489 e. The number of benzene rings is 2. The van der Waals surface area contributed by atoms with E-state index in [2.05, 4.69) is 47.4 Å². The first-order chi connectivity index (χ1) is 9.93. The van der Waals surface area contributed by atoms with Crippen molar-refractivity contribution >= 4 is 22.5 Å². The standard InChI is InChI=1S/C17H17NO2/c1-2-5-14-13(4-1)15-6-3-9-20-17(15)12-16(14)18-7-10-19-11-8-18/h1-6,12H,7-11H2. The molecule has 0 N–H and O–H groups in total. The monoisotopic (exact) mass is 267 g/mol. The highest BCUT2D eigenvalue weighted by molar-refractivity contribution is 6.02. The van der Waals surface area contributed by atoms with E-state index in [1.54, 1.807) is 0 Å². The summed E-state index contributed by atoms with van der Waals surface area (Å²) in [6, 6.07) is 10.8. The van der Waals surface area contributed by atoms with Gasteiger partial charge in [0, 0.05) is 35.8 Å². The molecule has 0 saturated carbocycles. The minimum atomic E-state index is 0.661. The summed E-state index contributed by atoms with van der Waals surface area (Å²) in [5.74, 6) is 0.993. The van der Waals surface area contributed by atoms with Crippen molar-refractivity contribution < 1.29 is 9.47 Å². The Morgan fingerprint density at radius 1 is 1.00 bits per heavy atom. The average Bonchev–Trinajstić information content (AvgIpc) is 2.55. The maximum absolute atomic E-state index is 5.82. The molecule has 0 bridgehead atoms. The van der Waals surface area contributed by atoms with Gasteiger partial charge in [0.25, 0.3) is 0 Å². The summed E-state index contributed by atoms with van der Waals surface area (Å²) < 4.78 is 11.3. The van der Waals surface area contributed by atoms with E-state index in [4.69, 9.17) is 9.47 Å². The van der Waals surface area contributed by atoms with E-state index in [-0.39, 0.29) is 0 Å². The van der Waals surface area contributed by atoms with Crippen LogP contribution in [0.1, 0.15) is 5.56 Å². The number of hydrogen-bond donors (Lipinski definition) is 0. The van der Waals surface area contributed by atoms with E-state index in [9.17, 15) is 0 Å². The predicted octanol–water partition coefficient (Wildman–Crippen LogP) is 3.08. The molecular weight excluding hydrogens is 250 g/mol. The average molecular weight is 267 g/mol. The van der Waals surface area contributed by atoms with E-state index < -0.39 is 0 Å². The lowest BCUT2D eigenvalue weighted by atomic mass is 9.99. The molecule has 3 nitrogen and oxygen atoms in total. The van der Waals surface area contributed by atoms with Gasteiger partial charge in [0.05, 0.1) is 13.2 Å². The number of hydrogen-bond acceptors (Lipinski definition) is 3. The molecule has 1 fully saturated rings. The smallest absolute Gasteiger partial charge is 0.129 e. The zero-order chi connectivity index (χ0) is 13.4. The number of nitrogens with zero attached hydrogens (tertiary/aromatic N) is 1. The molecule has 0 radical (unpaired) electrons. The number of morpholine rings is 1. The maximum Gasteiger partial charge on any atom is 0.129 e. The Labute approximate surface area is 118 Å². The van der Waals surface area contributed by atoms with E-state index in [0.717, 1.165) is 32.1 Å². The molecule has 2 aliphatic heterocycles. The Hall–Kier alpha value is -2.00. The molecule has 1 saturated heterocycles. The SMILES string of the molecule is C1=Cc2c(cc(N3CCOCC3)c3ccccc23)OC1. The fraction of sp³-hybridized carbons (Fsp3) is 0.294. The lowest BCUT2D eigenvalue weighted by Gasteiger charge is -2.31. The second kappa shape index (κ2) is 4.84. The fourth-order valence-electron chi connectivity index (χ4n) is 3.01. The Kier molecular flexibility index (Phi) is 2.85. The van der Waals surface area contributed by atoms with Crippen LogP contribution in [0.5, 0.6) is 5.75 Å². The topological polar surface area (TPSA) is 21.7 Å². The molecule has 4 rings (SSSR count). The number of rotatable bonds is 1. The van der Waals surface area contributed by atoms with Crippen LogP contribution in [0.15, 0.2) is 36.4 Å². The van der Waals surface area contributed by atoms with Gasteiger partial charge in [0.15, 0.2) is 0 Å².